The molecule has 0 aliphatic carbocycles. The average molecular weight is 341 g/mol. The second-order valence-electron chi connectivity index (χ2n) is 5.13. The van der Waals surface area contributed by atoms with Crippen LogP contribution >= 0.6 is 11.8 Å². The van der Waals surface area contributed by atoms with Crippen molar-refractivity contribution in [3.05, 3.63) is 35.6 Å². The molecule has 0 bridgehead atoms. The quantitative estimate of drug-likeness (QED) is 0.698. The highest BCUT2D eigenvalue weighted by atomic mass is 32.2. The smallest absolute Gasteiger partial charge is 0.128 e. The molecule has 0 amide bonds. The summed E-state index contributed by atoms with van der Waals surface area (Å²) in [6, 6.07) is 6.77. The number of nitrogens with zero attached hydrogens (tertiary/aromatic N) is 1. The molecule has 0 saturated carbocycles. The normalized spacial score (nSPS) is 26.5. The molecule has 3 atom stereocenters. The predicted molar refractivity (Wildman–Crippen MR) is 97.1 cm³/mol. The topological polar surface area (TPSA) is 30.8 Å². The molecule has 23 heavy (non-hydrogen) atoms. The third kappa shape index (κ3) is 4.34. The van der Waals surface area contributed by atoms with Gasteiger partial charge in [0.05, 0.1) is 19.3 Å². The molecule has 5 heteroatoms. The number of ether oxygens (including phenoxy) is 2. The Morgan fingerprint density at radius 2 is 2.13 bits per heavy atom. The summed E-state index contributed by atoms with van der Waals surface area (Å²) in [5.74, 6) is 1.65. The van der Waals surface area contributed by atoms with Crippen LogP contribution in [-0.2, 0) is 15.0 Å². The van der Waals surface area contributed by atoms with Crippen molar-refractivity contribution in [3.8, 4) is 0 Å². The lowest BCUT2D eigenvalue weighted by molar-refractivity contribution is 0.0240. The van der Waals surface area contributed by atoms with E-state index in [1.807, 2.05) is 31.7 Å². The molecule has 1 aliphatic heterocycles. The number of rotatable bonds is 7. The van der Waals surface area contributed by atoms with Crippen LogP contribution in [0.5, 0.6) is 0 Å². The molecule has 1 aliphatic rings. The standard InChI is InChI=1S/C16H22FNO2S.C2H6/c1-4-21-10-13-15(9-19-3)20-11-16(13,18-2)12-7-5-6-8-14(12)17;1-2/h5-8,13,15H,2,4,9-11H2,1,3H3;1-2H3. The van der Waals surface area contributed by atoms with Gasteiger partial charge in [0.15, 0.2) is 0 Å². The second kappa shape index (κ2) is 10.1. The van der Waals surface area contributed by atoms with Crippen molar-refractivity contribution < 1.29 is 13.9 Å². The van der Waals surface area contributed by atoms with Crippen molar-refractivity contribution in [3.63, 3.8) is 0 Å². The van der Waals surface area contributed by atoms with Crippen LogP contribution < -0.4 is 0 Å². The van der Waals surface area contributed by atoms with Gasteiger partial charge in [-0.2, -0.15) is 11.8 Å². The second-order valence-corrected chi connectivity index (χ2v) is 6.45. The monoisotopic (exact) mass is 341 g/mol. The first kappa shape index (κ1) is 20.1. The van der Waals surface area contributed by atoms with E-state index in [1.165, 1.54) is 6.07 Å². The molecule has 0 spiro atoms. The summed E-state index contributed by atoms with van der Waals surface area (Å²) in [5, 5.41) is 0. The van der Waals surface area contributed by atoms with Crippen molar-refractivity contribution in [1.29, 1.82) is 0 Å². The van der Waals surface area contributed by atoms with E-state index in [0.29, 0.717) is 18.8 Å². The summed E-state index contributed by atoms with van der Waals surface area (Å²) < 4.78 is 25.4. The highest BCUT2D eigenvalue weighted by Crippen LogP contribution is 2.45. The van der Waals surface area contributed by atoms with E-state index in [1.54, 1.807) is 19.2 Å². The zero-order valence-corrected chi connectivity index (χ0v) is 15.4. The molecule has 1 saturated heterocycles. The van der Waals surface area contributed by atoms with Crippen LogP contribution in [0.25, 0.3) is 0 Å². The van der Waals surface area contributed by atoms with Gasteiger partial charge in [0.2, 0.25) is 0 Å². The van der Waals surface area contributed by atoms with E-state index in [2.05, 4.69) is 18.6 Å². The number of benzene rings is 1. The SMILES string of the molecule is C=NC1(c2ccccc2F)COC(COC)C1CSCC.CC. The van der Waals surface area contributed by atoms with Gasteiger partial charge in [0.25, 0.3) is 0 Å². The van der Waals surface area contributed by atoms with Crippen LogP contribution in [0.2, 0.25) is 0 Å². The molecule has 2 rings (SSSR count). The Morgan fingerprint density at radius 3 is 2.70 bits per heavy atom. The van der Waals surface area contributed by atoms with Crippen LogP contribution in [0.15, 0.2) is 29.3 Å². The Bertz CT molecular complexity index is 486. The summed E-state index contributed by atoms with van der Waals surface area (Å²) in [6.45, 7) is 10.7. The molecular weight excluding hydrogens is 313 g/mol. The van der Waals surface area contributed by atoms with E-state index in [9.17, 15) is 4.39 Å². The van der Waals surface area contributed by atoms with Gasteiger partial charge in [-0.3, -0.25) is 4.99 Å². The highest BCUT2D eigenvalue weighted by Gasteiger charge is 2.51. The van der Waals surface area contributed by atoms with Gasteiger partial charge < -0.3 is 9.47 Å². The fraction of sp³-hybridized carbons (Fsp3) is 0.611. The third-order valence-electron chi connectivity index (χ3n) is 4.03. The number of hydrogen-bond acceptors (Lipinski definition) is 4. The Balaban J connectivity index is 0.00000127. The predicted octanol–water partition coefficient (Wildman–Crippen LogP) is 4.16. The maximum Gasteiger partial charge on any atom is 0.128 e. The van der Waals surface area contributed by atoms with Gasteiger partial charge in [-0.25, -0.2) is 4.39 Å². The summed E-state index contributed by atoms with van der Waals surface area (Å²) >= 11 is 1.81. The van der Waals surface area contributed by atoms with E-state index in [-0.39, 0.29) is 17.8 Å². The fourth-order valence-electron chi connectivity index (χ4n) is 2.92. The molecule has 3 nitrogen and oxygen atoms in total. The van der Waals surface area contributed by atoms with Gasteiger partial charge in [0, 0.05) is 24.3 Å². The Hall–Kier alpha value is -0.910. The van der Waals surface area contributed by atoms with Gasteiger partial charge >= 0.3 is 0 Å². The average Bonchev–Trinajstić information content (AvgIpc) is 2.94. The number of methoxy groups -OCH3 is 1. The first-order valence-corrected chi connectivity index (χ1v) is 9.26. The van der Waals surface area contributed by atoms with Crippen molar-refractivity contribution in [2.24, 2.45) is 10.9 Å². The lowest BCUT2D eigenvalue weighted by Gasteiger charge is -2.32. The first-order valence-electron chi connectivity index (χ1n) is 8.10. The molecule has 1 aromatic rings. The maximum atomic E-state index is 14.3. The Kier molecular flexibility index (Phi) is 8.81. The van der Waals surface area contributed by atoms with Crippen LogP contribution in [-0.4, -0.2) is 44.7 Å². The van der Waals surface area contributed by atoms with Crippen LogP contribution in [0.1, 0.15) is 26.3 Å². The van der Waals surface area contributed by atoms with Gasteiger partial charge in [-0.1, -0.05) is 39.0 Å². The summed E-state index contributed by atoms with van der Waals surface area (Å²) in [6.07, 6.45) is -0.0841. The third-order valence-corrected chi connectivity index (χ3v) is 5.04. The van der Waals surface area contributed by atoms with Crippen molar-refractivity contribution >= 4 is 18.5 Å². The number of thioether (sulfide) groups is 1. The van der Waals surface area contributed by atoms with Crippen molar-refractivity contribution in [2.75, 3.05) is 31.8 Å². The highest BCUT2D eigenvalue weighted by molar-refractivity contribution is 7.99. The molecule has 3 unspecified atom stereocenters. The maximum absolute atomic E-state index is 14.3. The van der Waals surface area contributed by atoms with Gasteiger partial charge in [-0.05, 0) is 18.5 Å². The molecular formula is C18H28FNO2S. The minimum absolute atomic E-state index is 0.0526. The summed E-state index contributed by atoms with van der Waals surface area (Å²) in [5.41, 5.74) is -0.156. The molecule has 1 heterocycles. The molecule has 0 N–H and O–H groups in total. The van der Waals surface area contributed by atoms with E-state index >= 15 is 0 Å². The van der Waals surface area contributed by atoms with E-state index in [4.69, 9.17) is 9.47 Å². The Morgan fingerprint density at radius 1 is 1.43 bits per heavy atom. The minimum atomic E-state index is -0.725. The van der Waals surface area contributed by atoms with Crippen molar-refractivity contribution in [2.45, 2.75) is 32.4 Å². The lowest BCUT2D eigenvalue weighted by atomic mass is 9.79. The molecule has 1 aromatic carbocycles. The zero-order valence-electron chi connectivity index (χ0n) is 14.5. The lowest BCUT2D eigenvalue weighted by Crippen LogP contribution is -2.38. The van der Waals surface area contributed by atoms with Crippen molar-refractivity contribution in [1.82, 2.24) is 0 Å². The van der Waals surface area contributed by atoms with Gasteiger partial charge in [0.1, 0.15) is 11.4 Å². The van der Waals surface area contributed by atoms with Crippen LogP contribution in [0.4, 0.5) is 4.39 Å². The van der Waals surface area contributed by atoms with Crippen LogP contribution in [0.3, 0.4) is 0 Å². The van der Waals surface area contributed by atoms with Crippen LogP contribution in [0, 0.1) is 11.7 Å². The fourth-order valence-corrected chi connectivity index (χ4v) is 3.90. The molecule has 0 aromatic heterocycles. The number of aliphatic imine (C=N–C) groups is 1. The molecule has 0 radical (unpaired) electrons. The largest absolute Gasteiger partial charge is 0.382 e. The zero-order chi connectivity index (χ0) is 17.3. The Labute approximate surface area is 143 Å². The summed E-state index contributed by atoms with van der Waals surface area (Å²) in [4.78, 5) is 4.33. The minimum Gasteiger partial charge on any atom is -0.382 e. The number of halogens is 1. The first-order chi connectivity index (χ1) is 11.2. The van der Waals surface area contributed by atoms with E-state index < -0.39 is 5.54 Å². The van der Waals surface area contributed by atoms with E-state index in [0.717, 1.165) is 11.5 Å². The number of hydrogen-bond donors (Lipinski definition) is 0. The summed E-state index contributed by atoms with van der Waals surface area (Å²) in [7, 11) is 1.65. The van der Waals surface area contributed by atoms with Gasteiger partial charge in [-0.15, -0.1) is 0 Å². The molecule has 130 valence electrons. The molecule has 1 fully saturated rings.